The molecule has 1 saturated heterocycles. The summed E-state index contributed by atoms with van der Waals surface area (Å²) in [4.78, 5) is 31.1. The van der Waals surface area contributed by atoms with E-state index in [2.05, 4.69) is 23.7 Å². The molecule has 1 fully saturated rings. The van der Waals surface area contributed by atoms with Crippen LogP contribution in [-0.4, -0.2) is 48.8 Å². The third-order valence-electron chi connectivity index (χ3n) is 6.08. The minimum Gasteiger partial charge on any atom is -0.493 e. The van der Waals surface area contributed by atoms with Gasteiger partial charge in [-0.3, -0.25) is 9.63 Å². The number of carbonyl (C=O) groups excluding carboxylic acids is 2. The minimum absolute atomic E-state index is 0. The first-order valence-corrected chi connectivity index (χ1v) is 12.1. The highest BCUT2D eigenvalue weighted by Gasteiger charge is 2.27. The Kier molecular flexibility index (Phi) is 8.78. The van der Waals surface area contributed by atoms with Gasteiger partial charge in [0.15, 0.2) is 0 Å². The molecule has 0 saturated carbocycles. The molecule has 7 nitrogen and oxygen atoms in total. The van der Waals surface area contributed by atoms with E-state index in [4.69, 9.17) is 14.3 Å². The molecule has 1 atom stereocenters. The third kappa shape index (κ3) is 7.77. The second-order valence-electron chi connectivity index (χ2n) is 9.85. The molecule has 2 aliphatic rings. The van der Waals surface area contributed by atoms with Gasteiger partial charge >= 0.3 is 6.09 Å². The molecule has 2 amide bonds. The number of carbonyl (C=O) groups is 2. The molecule has 7 heteroatoms. The van der Waals surface area contributed by atoms with E-state index in [1.54, 1.807) is 4.90 Å². The summed E-state index contributed by atoms with van der Waals surface area (Å²) in [6, 6.07) is 8.21. The van der Waals surface area contributed by atoms with Crippen molar-refractivity contribution in [2.24, 2.45) is 11.8 Å². The van der Waals surface area contributed by atoms with Gasteiger partial charge in [-0.15, -0.1) is 0 Å². The molecule has 1 N–H and O–H groups in total. The quantitative estimate of drug-likeness (QED) is 0.565. The third-order valence-corrected chi connectivity index (χ3v) is 6.08. The van der Waals surface area contributed by atoms with Crippen molar-refractivity contribution in [3.05, 3.63) is 35.9 Å². The molecule has 0 bridgehead atoms. The number of hydroxylamine groups is 1. The number of allylic oxidation sites excluding steroid dienone is 2. The van der Waals surface area contributed by atoms with E-state index >= 15 is 0 Å². The van der Waals surface area contributed by atoms with Gasteiger partial charge in [0, 0.05) is 20.4 Å². The topological polar surface area (TPSA) is 77.1 Å². The van der Waals surface area contributed by atoms with Gasteiger partial charge in [0.2, 0.25) is 5.91 Å². The van der Waals surface area contributed by atoms with Crippen molar-refractivity contribution in [3.8, 4) is 5.75 Å². The number of likely N-dealkylation sites (tertiary alicyclic amines) is 1. The maximum Gasteiger partial charge on any atom is 0.410 e. The highest BCUT2D eigenvalue weighted by atomic mass is 16.6. The van der Waals surface area contributed by atoms with Crippen LogP contribution in [0.1, 0.15) is 66.8 Å². The van der Waals surface area contributed by atoms with Gasteiger partial charge in [-0.2, -0.15) is 0 Å². The Bertz CT molecular complexity index is 827. The lowest BCUT2D eigenvalue weighted by atomic mass is 9.86. The maximum absolute atomic E-state index is 12.2. The van der Waals surface area contributed by atoms with E-state index in [1.807, 2.05) is 39.8 Å². The molecule has 0 radical (unpaired) electrons. The monoisotopic (exact) mass is 460 g/mol. The molecule has 33 heavy (non-hydrogen) atoms. The van der Waals surface area contributed by atoms with E-state index in [0.717, 1.165) is 37.9 Å². The molecule has 1 unspecified atom stereocenters. The van der Waals surface area contributed by atoms with Crippen LogP contribution in [0, 0.1) is 11.8 Å². The van der Waals surface area contributed by atoms with Crippen molar-refractivity contribution in [1.82, 2.24) is 10.4 Å². The van der Waals surface area contributed by atoms with Gasteiger partial charge < -0.3 is 14.4 Å². The lowest BCUT2D eigenvalue weighted by Gasteiger charge is -2.33. The van der Waals surface area contributed by atoms with Crippen LogP contribution < -0.4 is 10.2 Å². The largest absolute Gasteiger partial charge is 0.493 e. The summed E-state index contributed by atoms with van der Waals surface area (Å²) in [5.74, 6) is 1.24. The number of piperidine rings is 1. The lowest BCUT2D eigenvalue weighted by Crippen LogP contribution is -2.42. The molecule has 1 heterocycles. The number of rotatable bonds is 7. The van der Waals surface area contributed by atoms with Gasteiger partial charge in [0.1, 0.15) is 11.4 Å². The number of nitrogens with one attached hydrogen (secondary N) is 1. The molecule has 1 aromatic carbocycles. The van der Waals surface area contributed by atoms with E-state index < -0.39 is 5.60 Å². The molecule has 1 aliphatic heterocycles. The lowest BCUT2D eigenvalue weighted by molar-refractivity contribution is -0.137. The minimum atomic E-state index is -0.461. The summed E-state index contributed by atoms with van der Waals surface area (Å²) in [6.07, 6.45) is 6.20. The van der Waals surface area contributed by atoms with Crippen LogP contribution in [0.15, 0.2) is 30.3 Å². The molecular weight excluding hydrogens is 420 g/mol. The number of nitrogens with zero attached hydrogens (tertiary/aromatic N) is 1. The molecule has 1 aliphatic carbocycles. The van der Waals surface area contributed by atoms with Gasteiger partial charge in [0.05, 0.1) is 13.2 Å². The fourth-order valence-electron chi connectivity index (χ4n) is 4.15. The molecule has 0 spiro atoms. The number of hydrogen-bond acceptors (Lipinski definition) is 5. The number of benzene rings is 1. The Balaban J connectivity index is 0.00000408. The summed E-state index contributed by atoms with van der Waals surface area (Å²) in [5, 5.41) is 0. The second kappa shape index (κ2) is 11.5. The Labute approximate surface area is 198 Å². The van der Waals surface area contributed by atoms with Crippen LogP contribution in [0.5, 0.6) is 5.75 Å². The fourth-order valence-corrected chi connectivity index (χ4v) is 4.15. The predicted molar refractivity (Wildman–Crippen MR) is 130 cm³/mol. The molecular formula is C26H40N2O5. The highest BCUT2D eigenvalue weighted by Crippen LogP contribution is 2.31. The highest BCUT2D eigenvalue weighted by molar-refractivity contribution is 5.79. The Morgan fingerprint density at radius 1 is 1.12 bits per heavy atom. The summed E-state index contributed by atoms with van der Waals surface area (Å²) in [6.45, 7) is 10.1. The van der Waals surface area contributed by atoms with E-state index in [0.29, 0.717) is 32.2 Å². The van der Waals surface area contributed by atoms with E-state index in [-0.39, 0.29) is 19.3 Å². The van der Waals surface area contributed by atoms with Crippen molar-refractivity contribution >= 4 is 17.6 Å². The summed E-state index contributed by atoms with van der Waals surface area (Å²) < 4.78 is 11.5. The van der Waals surface area contributed by atoms with Crippen LogP contribution in [-0.2, 0) is 14.4 Å². The average molecular weight is 461 g/mol. The second-order valence-corrected chi connectivity index (χ2v) is 9.85. The maximum atomic E-state index is 12.2. The van der Waals surface area contributed by atoms with Crippen molar-refractivity contribution < 1.29 is 25.3 Å². The molecule has 0 aromatic heterocycles. The smallest absolute Gasteiger partial charge is 0.410 e. The summed E-state index contributed by atoms with van der Waals surface area (Å²) in [7, 11) is 0. The number of ether oxygens (including phenoxy) is 2. The predicted octanol–water partition coefficient (Wildman–Crippen LogP) is 5.21. The standard InChI is InChI=1S/C26H38N2O5.H2/c1-5-32-27-24(29)22-8-6-20(7-9-22)21-10-12-23(13-11-21)31-18-19-14-16-28(17-15-19)25(30)33-26(2,3)4;/h6,10-13,19,22H,5,7-9,14-18H2,1-4H3,(H,27,29);1H. The molecule has 3 rings (SSSR count). The van der Waals surface area contributed by atoms with Crippen molar-refractivity contribution in [1.29, 1.82) is 0 Å². The zero-order chi connectivity index (χ0) is 23.8. The molecule has 1 aromatic rings. The van der Waals surface area contributed by atoms with Gasteiger partial charge in [-0.1, -0.05) is 18.2 Å². The van der Waals surface area contributed by atoms with Crippen molar-refractivity contribution in [2.75, 3.05) is 26.3 Å². The fraction of sp³-hybridized carbons (Fsp3) is 0.615. The van der Waals surface area contributed by atoms with E-state index in [1.165, 1.54) is 11.1 Å². The van der Waals surface area contributed by atoms with Crippen LogP contribution >= 0.6 is 0 Å². The zero-order valence-corrected chi connectivity index (χ0v) is 20.4. The van der Waals surface area contributed by atoms with Gasteiger partial charge in [-0.05, 0) is 89.0 Å². The van der Waals surface area contributed by atoms with E-state index in [9.17, 15) is 9.59 Å². The summed E-state index contributed by atoms with van der Waals surface area (Å²) >= 11 is 0. The SMILES string of the molecule is CCONC(=O)C1CC=C(c2ccc(OCC3CCN(C(=O)OC(C)(C)C)CC3)cc2)CC1.[HH]. The molecule has 184 valence electrons. The first-order valence-electron chi connectivity index (χ1n) is 12.1. The first kappa shape index (κ1) is 25.1. The van der Waals surface area contributed by atoms with Crippen molar-refractivity contribution in [3.63, 3.8) is 0 Å². The first-order chi connectivity index (χ1) is 15.7. The van der Waals surface area contributed by atoms with Crippen LogP contribution in [0.25, 0.3) is 5.57 Å². The average Bonchev–Trinajstić information content (AvgIpc) is 2.81. The van der Waals surface area contributed by atoms with Gasteiger partial charge in [0.25, 0.3) is 0 Å². The normalized spacial score (nSPS) is 19.6. The summed E-state index contributed by atoms with van der Waals surface area (Å²) in [5.41, 5.74) is 4.50. The van der Waals surface area contributed by atoms with Crippen LogP contribution in [0.4, 0.5) is 4.79 Å². The van der Waals surface area contributed by atoms with Gasteiger partial charge in [-0.25, -0.2) is 10.3 Å². The van der Waals surface area contributed by atoms with Crippen molar-refractivity contribution in [2.45, 2.75) is 65.4 Å². The van der Waals surface area contributed by atoms with Crippen LogP contribution in [0.2, 0.25) is 0 Å². The Morgan fingerprint density at radius 2 is 1.82 bits per heavy atom. The zero-order valence-electron chi connectivity index (χ0n) is 20.4. The number of hydrogen-bond donors (Lipinski definition) is 1. The van der Waals surface area contributed by atoms with Crippen LogP contribution in [0.3, 0.4) is 0 Å². The Hall–Kier alpha value is -2.54. The number of amides is 2. The Morgan fingerprint density at radius 3 is 2.39 bits per heavy atom.